The van der Waals surface area contributed by atoms with Crippen LogP contribution < -0.4 is 10.5 Å². The van der Waals surface area contributed by atoms with E-state index in [1.807, 2.05) is 13.1 Å². The molecule has 2 aliphatic rings. The molecule has 1 atom stereocenters. The van der Waals surface area contributed by atoms with E-state index in [2.05, 4.69) is 19.9 Å². The lowest BCUT2D eigenvalue weighted by Gasteiger charge is -2.13. The number of fused-ring (bicyclic) bond motifs is 4. The number of aliphatic hydroxyl groups is 1. The van der Waals surface area contributed by atoms with E-state index in [4.69, 9.17) is 20.3 Å². The van der Waals surface area contributed by atoms with Crippen molar-refractivity contribution in [2.75, 3.05) is 33.0 Å². The van der Waals surface area contributed by atoms with Crippen LogP contribution in [0.3, 0.4) is 0 Å². The lowest BCUT2D eigenvalue weighted by molar-refractivity contribution is 0.135. The van der Waals surface area contributed by atoms with Gasteiger partial charge in [-0.3, -0.25) is 4.98 Å². The van der Waals surface area contributed by atoms with Gasteiger partial charge in [0.2, 0.25) is 0 Å². The standard InChI is InChI=1S/C19H11F2N5O2S.C5H11NO/c1-27-19-25-3-8-9-5-28-6-10(9)12(14(21)15(8)26-19)16-13-7(2-22)18(23)29-17(13)11(20)4-24-16;1-6-3-2-5(7)4-6/h3-4H,5-6,23H2,1H3;5,7H,2-4H2,1H3. The molecule has 186 valence electrons. The number of methoxy groups -OCH3 is 1. The number of hydrogen-bond acceptors (Lipinski definition) is 10. The molecule has 36 heavy (non-hydrogen) atoms. The Morgan fingerprint density at radius 2 is 2.06 bits per heavy atom. The van der Waals surface area contributed by atoms with E-state index in [1.54, 1.807) is 0 Å². The van der Waals surface area contributed by atoms with Crippen LogP contribution in [0.4, 0.5) is 13.8 Å². The fraction of sp³-hybridized carbons (Fsp3) is 0.333. The minimum atomic E-state index is -0.668. The van der Waals surface area contributed by atoms with Gasteiger partial charge in [0.05, 0.1) is 48.6 Å². The lowest BCUT2D eigenvalue weighted by atomic mass is 9.94. The number of thiophene rings is 1. The molecule has 2 aliphatic heterocycles. The highest BCUT2D eigenvalue weighted by atomic mass is 32.1. The maximum Gasteiger partial charge on any atom is 0.316 e. The van der Waals surface area contributed by atoms with E-state index in [1.165, 1.54) is 13.3 Å². The zero-order valence-electron chi connectivity index (χ0n) is 19.5. The minimum Gasteiger partial charge on any atom is -0.467 e. The number of ether oxygens (including phenoxy) is 2. The molecule has 4 aromatic rings. The van der Waals surface area contributed by atoms with E-state index in [-0.39, 0.29) is 62.8 Å². The zero-order valence-corrected chi connectivity index (χ0v) is 20.3. The first kappa shape index (κ1) is 24.2. The number of hydrogen-bond donors (Lipinski definition) is 2. The van der Waals surface area contributed by atoms with Gasteiger partial charge < -0.3 is 25.2 Å². The Morgan fingerprint density at radius 3 is 2.69 bits per heavy atom. The summed E-state index contributed by atoms with van der Waals surface area (Å²) in [6.45, 7) is 2.31. The number of halogens is 2. The summed E-state index contributed by atoms with van der Waals surface area (Å²) in [5.41, 5.74) is 7.55. The van der Waals surface area contributed by atoms with Gasteiger partial charge in [-0.1, -0.05) is 0 Å². The number of aliphatic hydroxyl groups excluding tert-OH is 1. The number of benzene rings is 1. The van der Waals surface area contributed by atoms with Crippen LogP contribution in [0.5, 0.6) is 6.01 Å². The van der Waals surface area contributed by atoms with Gasteiger partial charge in [0, 0.05) is 35.6 Å². The molecule has 9 nitrogen and oxygen atoms in total. The number of nitrogens with two attached hydrogens (primary N) is 1. The van der Waals surface area contributed by atoms with Crippen molar-refractivity contribution >= 4 is 37.3 Å². The number of nitrogen functional groups attached to an aromatic ring is 1. The van der Waals surface area contributed by atoms with Crippen LogP contribution in [0.25, 0.3) is 32.2 Å². The molecule has 0 bridgehead atoms. The molecule has 6 rings (SSSR count). The monoisotopic (exact) mass is 512 g/mol. The van der Waals surface area contributed by atoms with Crippen molar-refractivity contribution in [1.29, 1.82) is 5.26 Å². The van der Waals surface area contributed by atoms with E-state index >= 15 is 4.39 Å². The summed E-state index contributed by atoms with van der Waals surface area (Å²) in [7, 11) is 3.41. The summed E-state index contributed by atoms with van der Waals surface area (Å²) in [6.07, 6.45) is 3.39. The molecule has 1 aromatic carbocycles. The van der Waals surface area contributed by atoms with Crippen molar-refractivity contribution in [3.63, 3.8) is 0 Å². The first-order valence-corrected chi connectivity index (χ1v) is 11.9. The molecule has 3 N–H and O–H groups in total. The molecule has 0 aliphatic carbocycles. The average molecular weight is 513 g/mol. The van der Waals surface area contributed by atoms with Crippen molar-refractivity contribution in [3.8, 4) is 23.3 Å². The van der Waals surface area contributed by atoms with Crippen molar-refractivity contribution in [1.82, 2.24) is 19.9 Å². The third-order valence-electron chi connectivity index (χ3n) is 6.27. The van der Waals surface area contributed by atoms with Gasteiger partial charge in [0.25, 0.3) is 0 Å². The first-order valence-electron chi connectivity index (χ1n) is 11.1. The van der Waals surface area contributed by atoms with Crippen molar-refractivity contribution < 1.29 is 23.4 Å². The topological polar surface area (TPSA) is 130 Å². The van der Waals surface area contributed by atoms with Crippen molar-refractivity contribution in [3.05, 3.63) is 40.7 Å². The van der Waals surface area contributed by atoms with E-state index in [9.17, 15) is 9.65 Å². The predicted molar refractivity (Wildman–Crippen MR) is 130 cm³/mol. The predicted octanol–water partition coefficient (Wildman–Crippen LogP) is 3.36. The van der Waals surface area contributed by atoms with Crippen LogP contribution in [0.1, 0.15) is 23.1 Å². The van der Waals surface area contributed by atoms with Crippen LogP contribution in [0.2, 0.25) is 0 Å². The number of aromatic nitrogens is 3. The summed E-state index contributed by atoms with van der Waals surface area (Å²) in [5, 5.41) is 19.2. The largest absolute Gasteiger partial charge is 0.467 e. The molecule has 1 fully saturated rings. The molecule has 0 amide bonds. The highest BCUT2D eigenvalue weighted by Crippen LogP contribution is 2.44. The normalized spacial score (nSPS) is 17.2. The van der Waals surface area contributed by atoms with E-state index in [0.717, 1.165) is 42.6 Å². The second-order valence-electron chi connectivity index (χ2n) is 8.57. The Labute approximate surface area is 208 Å². The number of rotatable bonds is 2. The summed E-state index contributed by atoms with van der Waals surface area (Å²) >= 11 is 0.929. The number of pyridine rings is 1. The molecule has 3 aromatic heterocycles. The fourth-order valence-electron chi connectivity index (χ4n) is 4.54. The number of nitriles is 1. The maximum absolute atomic E-state index is 15.8. The average Bonchev–Trinajstić information content (AvgIpc) is 3.59. The van der Waals surface area contributed by atoms with Gasteiger partial charge in [-0.25, -0.2) is 13.8 Å². The van der Waals surface area contributed by atoms with Crippen LogP contribution in [-0.2, 0) is 18.0 Å². The van der Waals surface area contributed by atoms with Crippen LogP contribution in [0.15, 0.2) is 12.4 Å². The van der Waals surface area contributed by atoms with Gasteiger partial charge in [0.15, 0.2) is 11.6 Å². The van der Waals surface area contributed by atoms with E-state index in [0.29, 0.717) is 10.9 Å². The molecule has 5 heterocycles. The molecule has 0 saturated carbocycles. The molecule has 1 unspecified atom stereocenters. The molecular formula is C24H22F2N6O3S. The Hall–Kier alpha value is -3.50. The molecular weight excluding hydrogens is 490 g/mol. The van der Waals surface area contributed by atoms with Gasteiger partial charge in [-0.05, 0) is 24.6 Å². The second-order valence-corrected chi connectivity index (χ2v) is 9.63. The van der Waals surface area contributed by atoms with Gasteiger partial charge in [-0.15, -0.1) is 11.3 Å². The molecule has 12 heteroatoms. The Bertz CT molecular complexity index is 1530. The van der Waals surface area contributed by atoms with Gasteiger partial charge in [0.1, 0.15) is 16.6 Å². The Morgan fingerprint density at radius 1 is 1.28 bits per heavy atom. The quantitative estimate of drug-likeness (QED) is 0.415. The smallest absolute Gasteiger partial charge is 0.316 e. The van der Waals surface area contributed by atoms with E-state index < -0.39 is 11.6 Å². The number of β-amino-alcohol motifs (C(OH)–C–C–N with tert-alkyl or cyclic N) is 1. The highest BCUT2D eigenvalue weighted by molar-refractivity contribution is 7.23. The summed E-state index contributed by atoms with van der Waals surface area (Å²) in [6, 6.07) is 1.99. The second kappa shape index (κ2) is 9.51. The number of likely N-dealkylation sites (tertiary alicyclic amines) is 1. The highest BCUT2D eigenvalue weighted by Gasteiger charge is 2.29. The summed E-state index contributed by atoms with van der Waals surface area (Å²) in [5.74, 6) is -1.29. The van der Waals surface area contributed by atoms with Crippen molar-refractivity contribution in [2.24, 2.45) is 0 Å². The third-order valence-corrected chi connectivity index (χ3v) is 7.30. The lowest BCUT2D eigenvalue weighted by Crippen LogP contribution is -2.15. The van der Waals surface area contributed by atoms with Crippen LogP contribution in [-0.4, -0.2) is 58.3 Å². The molecule has 1 saturated heterocycles. The number of likely N-dealkylation sites (N-methyl/N-ethyl adjacent to an activating group) is 1. The molecule has 0 radical (unpaired) electrons. The summed E-state index contributed by atoms with van der Waals surface area (Å²) in [4.78, 5) is 14.5. The Balaban J connectivity index is 0.000000330. The minimum absolute atomic E-state index is 0.0101. The number of anilines is 1. The summed E-state index contributed by atoms with van der Waals surface area (Å²) < 4.78 is 40.8. The Kier molecular flexibility index (Phi) is 6.40. The molecule has 0 spiro atoms. The maximum atomic E-state index is 15.8. The van der Waals surface area contributed by atoms with Crippen LogP contribution >= 0.6 is 11.3 Å². The van der Waals surface area contributed by atoms with Gasteiger partial charge >= 0.3 is 6.01 Å². The van der Waals surface area contributed by atoms with Gasteiger partial charge in [-0.2, -0.15) is 10.2 Å². The third kappa shape index (κ3) is 4.00. The SMILES string of the molecule is CN1CCC(O)C1.COc1ncc2c3c(c(-c4ncc(F)c5sc(N)c(C#N)c45)c(F)c2n1)COC3. The fourth-order valence-corrected chi connectivity index (χ4v) is 5.46. The van der Waals surface area contributed by atoms with Crippen LogP contribution in [0, 0.1) is 23.0 Å². The van der Waals surface area contributed by atoms with Crippen molar-refractivity contribution in [2.45, 2.75) is 25.7 Å². The first-order chi connectivity index (χ1) is 17.3. The zero-order chi connectivity index (χ0) is 25.6. The number of nitrogens with zero attached hydrogens (tertiary/aromatic N) is 5.